The number of nitrogens with two attached hydrogens (primary N) is 1. The normalized spacial score (nSPS) is 26.7. The van der Waals surface area contributed by atoms with Crippen molar-refractivity contribution < 1.29 is 9.59 Å². The zero-order valence-electron chi connectivity index (χ0n) is 22.2. The minimum atomic E-state index is -0.567. The number of hydrogen-bond donors (Lipinski definition) is 3. The molecule has 39 heavy (non-hydrogen) atoms. The first-order valence-corrected chi connectivity index (χ1v) is 13.7. The van der Waals surface area contributed by atoms with Crippen LogP contribution >= 0.6 is 0 Å². The smallest absolute Gasteiger partial charge is 0.270 e. The highest BCUT2D eigenvalue weighted by Gasteiger charge is 2.58. The second kappa shape index (κ2) is 9.53. The van der Waals surface area contributed by atoms with Crippen molar-refractivity contribution in [3.8, 4) is 17.3 Å². The summed E-state index contributed by atoms with van der Waals surface area (Å²) < 4.78 is 0. The Hall–Kier alpha value is -4.18. The molecule has 3 aliphatic carbocycles. The van der Waals surface area contributed by atoms with Gasteiger partial charge in [0.1, 0.15) is 5.69 Å². The van der Waals surface area contributed by atoms with Gasteiger partial charge >= 0.3 is 0 Å². The number of primary amides is 1. The van der Waals surface area contributed by atoms with Crippen LogP contribution in [0.5, 0.6) is 0 Å². The van der Waals surface area contributed by atoms with Crippen molar-refractivity contribution in [2.75, 3.05) is 11.9 Å². The van der Waals surface area contributed by atoms with E-state index < -0.39 is 5.91 Å². The average Bonchev–Trinajstić information content (AvgIpc) is 3.08. The summed E-state index contributed by atoms with van der Waals surface area (Å²) in [5.74, 6) is 1.60. The van der Waals surface area contributed by atoms with Crippen molar-refractivity contribution in [2.24, 2.45) is 28.9 Å². The Morgan fingerprint density at radius 2 is 1.97 bits per heavy atom. The third-order valence-electron chi connectivity index (χ3n) is 9.28. The molecule has 3 saturated carbocycles. The van der Waals surface area contributed by atoms with Crippen molar-refractivity contribution in [1.29, 1.82) is 5.26 Å². The van der Waals surface area contributed by atoms with E-state index >= 15 is 0 Å². The molecule has 0 radical (unpaired) electrons. The van der Waals surface area contributed by atoms with Gasteiger partial charge in [-0.15, -0.1) is 0 Å². The fourth-order valence-corrected chi connectivity index (χ4v) is 7.61. The molecule has 198 valence electrons. The Labute approximate surface area is 228 Å². The molecule has 0 spiro atoms. The van der Waals surface area contributed by atoms with Crippen molar-refractivity contribution in [3.63, 3.8) is 0 Å². The van der Waals surface area contributed by atoms with Gasteiger partial charge in [-0.05, 0) is 84.9 Å². The number of hydrogen-bond acceptors (Lipinski definition) is 5. The Balaban J connectivity index is 1.26. The molecule has 3 aromatic rings. The Bertz CT molecular complexity index is 1550. The van der Waals surface area contributed by atoms with Gasteiger partial charge in [-0.2, -0.15) is 5.26 Å². The van der Waals surface area contributed by atoms with E-state index in [1.165, 1.54) is 19.3 Å². The van der Waals surface area contributed by atoms with E-state index in [0.29, 0.717) is 39.5 Å². The molecule has 2 amide bonds. The fourth-order valence-electron chi connectivity index (χ4n) is 7.61. The van der Waals surface area contributed by atoms with Crippen LogP contribution in [0, 0.1) is 34.5 Å². The standard InChI is InChI=1S/C32H33N5O2/c1-18(16-33)17-35-29-24(30(34)38)9-8-20-6-7-21(13-25(20)29)27-4-3-5-28(37-27)31(39)36-23-10-19-11-26-22(12-23)15-32(26,2)14-19/h3-9,13,19,22-23,26,35H,1,10-12,14-15,17H2,2H3,(H2,34,38)(H,36,39). The number of pyridine rings is 1. The SMILES string of the molecule is C=C(C#N)CNc1c(C(N)=O)ccc2ccc(-c3cccc(C(=O)NC4CC5CC6C(C4)CC6(C)C5)n3)cc12. The molecule has 0 saturated heterocycles. The number of benzene rings is 2. The molecule has 2 aromatic carbocycles. The number of fused-ring (bicyclic) bond motifs is 2. The topological polar surface area (TPSA) is 121 Å². The van der Waals surface area contributed by atoms with Crippen LogP contribution in [0.2, 0.25) is 0 Å². The minimum absolute atomic E-state index is 0.129. The second-order valence-corrected chi connectivity index (χ2v) is 11.9. The summed E-state index contributed by atoms with van der Waals surface area (Å²) >= 11 is 0. The molecule has 7 nitrogen and oxygen atoms in total. The van der Waals surface area contributed by atoms with Crippen LogP contribution in [0.15, 0.2) is 60.7 Å². The van der Waals surface area contributed by atoms with Crippen molar-refractivity contribution in [1.82, 2.24) is 10.3 Å². The first-order valence-electron chi connectivity index (χ1n) is 13.7. The lowest BCUT2D eigenvalue weighted by molar-refractivity contribution is -0.0112. The minimum Gasteiger partial charge on any atom is -0.379 e. The van der Waals surface area contributed by atoms with Crippen LogP contribution in [0.1, 0.15) is 59.9 Å². The number of carbonyl (C=O) groups is 2. The van der Waals surface area contributed by atoms with E-state index in [2.05, 4.69) is 24.1 Å². The van der Waals surface area contributed by atoms with Gasteiger partial charge in [-0.3, -0.25) is 9.59 Å². The molecule has 1 aromatic heterocycles. The summed E-state index contributed by atoms with van der Waals surface area (Å²) in [6.07, 6.45) is 6.06. The van der Waals surface area contributed by atoms with Gasteiger partial charge in [0.2, 0.25) is 0 Å². The molecular weight excluding hydrogens is 486 g/mol. The van der Waals surface area contributed by atoms with Crippen molar-refractivity contribution in [3.05, 3.63) is 71.9 Å². The first-order chi connectivity index (χ1) is 18.7. The van der Waals surface area contributed by atoms with Gasteiger partial charge in [0.15, 0.2) is 0 Å². The number of amides is 2. The lowest BCUT2D eigenvalue weighted by Gasteiger charge is -2.51. The number of nitriles is 1. The Morgan fingerprint density at radius 3 is 2.77 bits per heavy atom. The quantitative estimate of drug-likeness (QED) is 0.359. The van der Waals surface area contributed by atoms with Gasteiger partial charge in [-0.1, -0.05) is 37.8 Å². The number of rotatable bonds is 7. The summed E-state index contributed by atoms with van der Waals surface area (Å²) in [4.78, 5) is 30.2. The number of nitrogens with zero attached hydrogens (tertiary/aromatic N) is 2. The summed E-state index contributed by atoms with van der Waals surface area (Å²) in [6.45, 7) is 6.36. The molecule has 7 heteroatoms. The van der Waals surface area contributed by atoms with E-state index in [1.54, 1.807) is 12.1 Å². The molecule has 6 rings (SSSR count). The molecule has 5 atom stereocenters. The lowest BCUT2D eigenvalue weighted by Crippen LogP contribution is -2.47. The second-order valence-electron chi connectivity index (χ2n) is 11.9. The molecule has 0 aliphatic heterocycles. The monoisotopic (exact) mass is 519 g/mol. The van der Waals surface area contributed by atoms with Gasteiger partial charge in [-0.25, -0.2) is 4.98 Å². The molecule has 5 unspecified atom stereocenters. The van der Waals surface area contributed by atoms with Crippen LogP contribution in [0.3, 0.4) is 0 Å². The van der Waals surface area contributed by atoms with E-state index in [-0.39, 0.29) is 18.5 Å². The van der Waals surface area contributed by atoms with Crippen LogP contribution in [0.25, 0.3) is 22.0 Å². The zero-order valence-corrected chi connectivity index (χ0v) is 22.2. The maximum absolute atomic E-state index is 13.3. The molecule has 1 heterocycles. The fraction of sp³-hybridized carbons (Fsp3) is 0.375. The van der Waals surface area contributed by atoms with Gasteiger partial charge < -0.3 is 16.4 Å². The van der Waals surface area contributed by atoms with Gasteiger partial charge in [0.25, 0.3) is 11.8 Å². The summed E-state index contributed by atoms with van der Waals surface area (Å²) in [5, 5.41) is 17.2. The molecular formula is C32H33N5O2. The number of carbonyl (C=O) groups excluding carboxylic acids is 2. The van der Waals surface area contributed by atoms with Crippen molar-refractivity contribution in [2.45, 2.75) is 45.1 Å². The van der Waals surface area contributed by atoms with E-state index in [9.17, 15) is 9.59 Å². The van der Waals surface area contributed by atoms with Crippen LogP contribution in [-0.2, 0) is 0 Å². The molecule has 4 N–H and O–H groups in total. The predicted molar refractivity (Wildman–Crippen MR) is 152 cm³/mol. The highest BCUT2D eigenvalue weighted by Crippen LogP contribution is 2.66. The third kappa shape index (κ3) is 4.54. The highest BCUT2D eigenvalue weighted by molar-refractivity contribution is 6.08. The van der Waals surface area contributed by atoms with Crippen molar-refractivity contribution >= 4 is 28.3 Å². The van der Waals surface area contributed by atoms with E-state index in [0.717, 1.165) is 41.0 Å². The van der Waals surface area contributed by atoms with Crippen LogP contribution in [0.4, 0.5) is 5.69 Å². The van der Waals surface area contributed by atoms with Crippen LogP contribution in [-0.4, -0.2) is 29.4 Å². The largest absolute Gasteiger partial charge is 0.379 e. The number of nitrogens with one attached hydrogen (secondary N) is 2. The first kappa shape index (κ1) is 25.1. The van der Waals surface area contributed by atoms with E-state index in [1.807, 2.05) is 42.5 Å². The Morgan fingerprint density at radius 1 is 1.15 bits per heavy atom. The number of anilines is 1. The summed E-state index contributed by atoms with van der Waals surface area (Å²) in [6, 6.07) is 17.0. The van der Waals surface area contributed by atoms with Crippen LogP contribution < -0.4 is 16.4 Å². The molecule has 3 fully saturated rings. The maximum Gasteiger partial charge on any atom is 0.270 e. The molecule has 2 bridgehead atoms. The Kier molecular flexibility index (Phi) is 6.14. The predicted octanol–water partition coefficient (Wildman–Crippen LogP) is 5.44. The summed E-state index contributed by atoms with van der Waals surface area (Å²) in [5.41, 5.74) is 9.28. The summed E-state index contributed by atoms with van der Waals surface area (Å²) in [7, 11) is 0. The molecule has 3 aliphatic rings. The lowest BCUT2D eigenvalue weighted by atomic mass is 9.54. The maximum atomic E-state index is 13.3. The number of aromatic nitrogens is 1. The van der Waals surface area contributed by atoms with E-state index in [4.69, 9.17) is 16.0 Å². The van der Waals surface area contributed by atoms with Gasteiger partial charge in [0.05, 0.1) is 23.0 Å². The third-order valence-corrected chi connectivity index (χ3v) is 9.28. The average molecular weight is 520 g/mol. The van der Waals surface area contributed by atoms with Gasteiger partial charge in [0, 0.05) is 29.1 Å². The highest BCUT2D eigenvalue weighted by atomic mass is 16.2. The zero-order chi connectivity index (χ0) is 27.3.